The van der Waals surface area contributed by atoms with Gasteiger partial charge >= 0.3 is 35.9 Å². The molecule has 0 bridgehead atoms. The highest BCUT2D eigenvalue weighted by Gasteiger charge is 2.68. The highest BCUT2D eigenvalue weighted by Crippen LogP contribution is 2.53. The third-order valence-corrected chi connectivity index (χ3v) is 16.8. The molecule has 18 nitrogen and oxygen atoms in total. The molecule has 2 spiro atoms. The largest absolute Gasteiger partial charge is 0.478 e. The van der Waals surface area contributed by atoms with Crippen LogP contribution in [0.3, 0.4) is 0 Å². The average Bonchev–Trinajstić information content (AvgIpc) is 3.64. The minimum Gasteiger partial charge on any atom is -0.478 e. The van der Waals surface area contributed by atoms with Gasteiger partial charge in [0.05, 0.1) is 11.1 Å². The SMILES string of the molecule is CCC1(C)CC2(NC(=O)N(CCc3ccc(C(=O)O)c(CCN4C(=O)NC5(CC(C)(CC)N(CCOC(C)=O)C(C)(CC)C5C)C4=O)c3C(=O)O)C2=O)C(C)C(C)(CC)N1CCOC(C)=O. The lowest BCUT2D eigenvalue weighted by Crippen LogP contribution is -2.75. The first-order valence-electron chi connectivity index (χ1n) is 23.5. The van der Waals surface area contributed by atoms with Crippen LogP contribution in [0.1, 0.15) is 153 Å². The number of amides is 6. The summed E-state index contributed by atoms with van der Waals surface area (Å²) in [5.74, 6) is -5.39. The molecule has 18 heteroatoms. The van der Waals surface area contributed by atoms with Crippen LogP contribution in [0.15, 0.2) is 12.1 Å². The van der Waals surface area contributed by atoms with Gasteiger partial charge in [0, 0.05) is 74.0 Å². The van der Waals surface area contributed by atoms with E-state index in [-0.39, 0.29) is 74.2 Å². The van der Waals surface area contributed by atoms with E-state index in [1.54, 1.807) is 0 Å². The third kappa shape index (κ3) is 8.56. The number of hydrogen-bond donors (Lipinski definition) is 4. The van der Waals surface area contributed by atoms with E-state index in [0.717, 1.165) is 9.80 Å². The average molecular weight is 925 g/mol. The molecule has 0 radical (unpaired) electrons. The molecular formula is C48H72N6O12. The predicted molar refractivity (Wildman–Crippen MR) is 243 cm³/mol. The molecule has 5 rings (SSSR count). The van der Waals surface area contributed by atoms with Crippen molar-refractivity contribution in [3.8, 4) is 0 Å². The van der Waals surface area contributed by atoms with Crippen molar-refractivity contribution in [3.63, 3.8) is 0 Å². The van der Waals surface area contributed by atoms with Gasteiger partial charge in [0.2, 0.25) is 0 Å². The molecule has 4 saturated heterocycles. The van der Waals surface area contributed by atoms with E-state index in [1.807, 2.05) is 62.3 Å². The van der Waals surface area contributed by atoms with Gasteiger partial charge in [0.1, 0.15) is 24.3 Å². The standard InChI is InChI=1S/C48H72N6O12/c1-13-43(9)27-47(29(5)45(11,15-3)53(43)23-25-65-31(7)55)39(61)51(41(63)49-47)21-19-33-17-18-35(37(57)58)34(36(33)38(59)60)20-22-52-40(62)48(50-42(52)64)28-44(10,14-2)54(24-26-66-32(8)56)46(12,16-4)30(48)6/h17-18,29-30H,13-16,19-28H2,1-12H3,(H,49,63)(H,50,64)(H,57,58)(H,59,60). The normalized spacial score (nSPS) is 32.5. The number of imide groups is 2. The molecule has 4 fully saturated rings. The minimum absolute atomic E-state index is 0.0972. The Morgan fingerprint density at radius 1 is 0.636 bits per heavy atom. The first-order valence-corrected chi connectivity index (χ1v) is 23.5. The van der Waals surface area contributed by atoms with Crippen LogP contribution in [0.4, 0.5) is 9.59 Å². The Bertz CT molecular complexity index is 2150. The number of benzene rings is 1. The number of hydrogen-bond acceptors (Lipinski definition) is 12. The number of rotatable bonds is 18. The number of nitrogens with one attached hydrogen (secondary N) is 2. The molecular weight excluding hydrogens is 853 g/mol. The van der Waals surface area contributed by atoms with Crippen LogP contribution in [0.5, 0.6) is 0 Å². The smallest absolute Gasteiger partial charge is 0.336 e. The van der Waals surface area contributed by atoms with Crippen molar-refractivity contribution >= 4 is 47.8 Å². The first kappa shape index (κ1) is 51.9. The maximum absolute atomic E-state index is 14.7. The Morgan fingerprint density at radius 3 is 1.39 bits per heavy atom. The number of esters is 2. The summed E-state index contributed by atoms with van der Waals surface area (Å²) in [6.45, 7) is 23.4. The van der Waals surface area contributed by atoms with E-state index < -0.39 is 92.8 Å². The van der Waals surface area contributed by atoms with E-state index in [9.17, 15) is 48.6 Å². The topological polar surface area (TPSA) is 232 Å². The fourth-order valence-electron chi connectivity index (χ4n) is 12.3. The van der Waals surface area contributed by atoms with Crippen LogP contribution in [0.25, 0.3) is 0 Å². The molecule has 366 valence electrons. The number of nitrogens with zero attached hydrogens (tertiary/aromatic N) is 4. The first-order chi connectivity index (χ1) is 30.7. The van der Waals surface area contributed by atoms with Crippen LogP contribution in [0, 0.1) is 11.8 Å². The Hall–Kier alpha value is -5.10. The van der Waals surface area contributed by atoms with Gasteiger partial charge in [-0.1, -0.05) is 47.6 Å². The molecule has 8 unspecified atom stereocenters. The second-order valence-electron chi connectivity index (χ2n) is 19.9. The summed E-state index contributed by atoms with van der Waals surface area (Å²) >= 11 is 0. The lowest BCUT2D eigenvalue weighted by atomic mass is 9.60. The molecule has 6 amide bonds. The number of likely N-dealkylation sites (tertiary alicyclic amines) is 2. The fraction of sp³-hybridized carbons (Fsp3) is 0.708. The van der Waals surface area contributed by atoms with Crippen LogP contribution < -0.4 is 10.6 Å². The van der Waals surface area contributed by atoms with Crippen molar-refractivity contribution in [1.82, 2.24) is 30.2 Å². The highest BCUT2D eigenvalue weighted by molar-refractivity contribution is 6.08. The van der Waals surface area contributed by atoms with Gasteiger partial charge in [-0.25, -0.2) is 19.2 Å². The number of piperidine rings is 2. The Kier molecular flexibility index (Phi) is 14.8. The van der Waals surface area contributed by atoms with Crippen LogP contribution in [-0.4, -0.2) is 150 Å². The molecule has 4 aliphatic rings. The molecule has 4 aliphatic heterocycles. The highest BCUT2D eigenvalue weighted by atomic mass is 16.5. The van der Waals surface area contributed by atoms with Gasteiger partial charge in [-0.3, -0.25) is 38.8 Å². The minimum atomic E-state index is -1.44. The quantitative estimate of drug-likeness (QED) is 0.109. The van der Waals surface area contributed by atoms with E-state index >= 15 is 0 Å². The third-order valence-electron chi connectivity index (χ3n) is 16.8. The molecule has 0 saturated carbocycles. The molecule has 1 aromatic carbocycles. The van der Waals surface area contributed by atoms with Gasteiger partial charge in [0.25, 0.3) is 11.8 Å². The molecule has 0 aromatic heterocycles. The van der Waals surface area contributed by atoms with Crippen LogP contribution >= 0.6 is 0 Å². The van der Waals surface area contributed by atoms with Crippen molar-refractivity contribution in [3.05, 3.63) is 34.4 Å². The summed E-state index contributed by atoms with van der Waals surface area (Å²) < 4.78 is 10.7. The number of ether oxygens (including phenoxy) is 2. The van der Waals surface area contributed by atoms with Gasteiger partial charge < -0.3 is 30.3 Å². The predicted octanol–water partition coefficient (Wildman–Crippen LogP) is 5.23. The second kappa shape index (κ2) is 18.9. The number of carbonyl (C=O) groups is 8. The summed E-state index contributed by atoms with van der Waals surface area (Å²) in [5.41, 5.74) is -5.65. The van der Waals surface area contributed by atoms with Crippen molar-refractivity contribution in [1.29, 1.82) is 0 Å². The van der Waals surface area contributed by atoms with E-state index in [2.05, 4.69) is 27.4 Å². The lowest BCUT2D eigenvalue weighted by molar-refractivity contribution is -0.160. The number of aromatic carboxylic acids is 2. The van der Waals surface area contributed by atoms with Gasteiger partial charge in [-0.15, -0.1) is 0 Å². The summed E-state index contributed by atoms with van der Waals surface area (Å²) in [7, 11) is 0. The van der Waals surface area contributed by atoms with Crippen molar-refractivity contribution in [2.24, 2.45) is 11.8 Å². The van der Waals surface area contributed by atoms with E-state index in [4.69, 9.17) is 9.47 Å². The number of carbonyl (C=O) groups excluding carboxylic acids is 6. The molecule has 0 aliphatic carbocycles. The molecule has 4 N–H and O–H groups in total. The Balaban J connectivity index is 1.42. The van der Waals surface area contributed by atoms with Crippen molar-refractivity contribution in [2.45, 2.75) is 168 Å². The molecule has 8 atom stereocenters. The van der Waals surface area contributed by atoms with E-state index in [1.165, 1.54) is 26.0 Å². The van der Waals surface area contributed by atoms with Crippen LogP contribution in [0.2, 0.25) is 0 Å². The monoisotopic (exact) mass is 925 g/mol. The maximum Gasteiger partial charge on any atom is 0.336 e. The zero-order chi connectivity index (χ0) is 49.5. The van der Waals surface area contributed by atoms with E-state index in [0.29, 0.717) is 38.8 Å². The number of carboxylic acid groups (broad SMARTS) is 2. The Labute approximate surface area is 388 Å². The van der Waals surface area contributed by atoms with Gasteiger partial charge in [0.15, 0.2) is 0 Å². The Morgan fingerprint density at radius 2 is 1.05 bits per heavy atom. The molecule has 66 heavy (non-hydrogen) atoms. The van der Waals surface area contributed by atoms with Crippen molar-refractivity contribution < 1.29 is 58.0 Å². The fourth-order valence-corrected chi connectivity index (χ4v) is 12.3. The molecule has 4 heterocycles. The lowest BCUT2D eigenvalue weighted by Gasteiger charge is -2.63. The summed E-state index contributed by atoms with van der Waals surface area (Å²) in [5, 5.41) is 27.1. The summed E-state index contributed by atoms with van der Waals surface area (Å²) in [4.78, 5) is 113. The van der Waals surface area contributed by atoms with Gasteiger partial charge in [-0.05, 0) is 96.3 Å². The zero-order valence-electron chi connectivity index (χ0n) is 41.0. The summed E-state index contributed by atoms with van der Waals surface area (Å²) in [6.07, 6.45) is 2.56. The zero-order valence-corrected chi connectivity index (χ0v) is 41.0. The molecule has 1 aromatic rings. The number of urea groups is 2. The van der Waals surface area contributed by atoms with Crippen LogP contribution in [-0.2, 0) is 41.5 Å². The van der Waals surface area contributed by atoms with Gasteiger partial charge in [-0.2, -0.15) is 0 Å². The van der Waals surface area contributed by atoms with Crippen molar-refractivity contribution in [2.75, 3.05) is 39.4 Å². The maximum atomic E-state index is 14.7. The second-order valence-corrected chi connectivity index (χ2v) is 19.9. The number of carboxylic acids is 2. The summed E-state index contributed by atoms with van der Waals surface area (Å²) in [6, 6.07) is 1.36.